The van der Waals surface area contributed by atoms with Crippen molar-refractivity contribution in [1.29, 1.82) is 0 Å². The summed E-state index contributed by atoms with van der Waals surface area (Å²) in [5, 5.41) is 0. The first-order chi connectivity index (χ1) is 4.70. The first-order valence-corrected chi connectivity index (χ1v) is 3.74. The van der Waals surface area contributed by atoms with Gasteiger partial charge in [-0.15, -0.1) is 0 Å². The topological polar surface area (TPSA) is 50.4 Å². The van der Waals surface area contributed by atoms with Gasteiger partial charge in [0.2, 0.25) is 0 Å². The highest BCUT2D eigenvalue weighted by Crippen LogP contribution is 1.92. The summed E-state index contributed by atoms with van der Waals surface area (Å²) in [6, 6.07) is 0.331. The highest BCUT2D eigenvalue weighted by Gasteiger charge is 1.94. The molecule has 0 aromatic rings. The summed E-state index contributed by atoms with van der Waals surface area (Å²) in [4.78, 5) is 4.27. The van der Waals surface area contributed by atoms with Gasteiger partial charge >= 0.3 is 0 Å². The maximum atomic E-state index is 5.23. The molecule has 0 aliphatic rings. The summed E-state index contributed by atoms with van der Waals surface area (Å²) in [6.45, 7) is 6.17. The fraction of sp³-hybridized carbons (Fsp3) is 0.857. The van der Waals surface area contributed by atoms with E-state index in [0.717, 1.165) is 18.7 Å². The molecule has 0 aromatic heterocycles. The summed E-state index contributed by atoms with van der Waals surface area (Å²) in [5.41, 5.74) is 2.58. The Bertz CT molecular complexity index is 107. The minimum absolute atomic E-state index is 0.331. The van der Waals surface area contributed by atoms with Crippen molar-refractivity contribution in [1.82, 2.24) is 5.43 Å². The van der Waals surface area contributed by atoms with Gasteiger partial charge in [-0.2, -0.15) is 0 Å². The highest BCUT2D eigenvalue weighted by molar-refractivity contribution is 5.81. The fourth-order valence-corrected chi connectivity index (χ4v) is 0.722. The number of nitrogens with one attached hydrogen (secondary N) is 1. The molecule has 0 radical (unpaired) electrons. The Kier molecular flexibility index (Phi) is 4.94. The van der Waals surface area contributed by atoms with Crippen molar-refractivity contribution < 1.29 is 0 Å². The molecule has 3 nitrogen and oxygen atoms in total. The largest absolute Gasteiger partial charge is 0.312 e. The Hall–Kier alpha value is -0.570. The fourth-order valence-electron chi connectivity index (χ4n) is 0.722. The van der Waals surface area contributed by atoms with Gasteiger partial charge < -0.3 is 5.43 Å². The van der Waals surface area contributed by atoms with Crippen LogP contribution in [-0.2, 0) is 0 Å². The molecule has 0 amide bonds. The Balaban J connectivity index is 3.78. The van der Waals surface area contributed by atoms with Gasteiger partial charge in [0.1, 0.15) is 5.84 Å². The van der Waals surface area contributed by atoms with Gasteiger partial charge in [0.15, 0.2) is 0 Å². The molecular weight excluding hydrogens is 126 g/mol. The number of aliphatic imine (C=N–C) groups is 1. The van der Waals surface area contributed by atoms with Crippen molar-refractivity contribution >= 4 is 5.84 Å². The molecule has 0 aliphatic heterocycles. The quantitative estimate of drug-likeness (QED) is 0.268. The van der Waals surface area contributed by atoms with Crippen LogP contribution in [0.4, 0.5) is 0 Å². The number of amidine groups is 1. The van der Waals surface area contributed by atoms with Gasteiger partial charge in [0.05, 0.1) is 0 Å². The number of hydrogen-bond acceptors (Lipinski definition) is 2. The Morgan fingerprint density at radius 2 is 2.20 bits per heavy atom. The summed E-state index contributed by atoms with van der Waals surface area (Å²) in [7, 11) is 0. The first-order valence-electron chi connectivity index (χ1n) is 3.74. The van der Waals surface area contributed by atoms with Gasteiger partial charge in [-0.05, 0) is 20.3 Å². The van der Waals surface area contributed by atoms with Crippen LogP contribution in [0.25, 0.3) is 0 Å². The average Bonchev–Trinajstić information content (AvgIpc) is 1.86. The third-order valence-electron chi connectivity index (χ3n) is 1.07. The SMILES string of the molecule is CCCC(=NC(C)C)NN. The van der Waals surface area contributed by atoms with Gasteiger partial charge in [0.25, 0.3) is 0 Å². The molecule has 0 unspecified atom stereocenters. The molecule has 60 valence electrons. The Labute approximate surface area is 62.7 Å². The third kappa shape index (κ3) is 4.32. The van der Waals surface area contributed by atoms with E-state index in [1.54, 1.807) is 0 Å². The molecule has 0 fully saturated rings. The molecule has 0 aromatic carbocycles. The van der Waals surface area contributed by atoms with Crippen LogP contribution in [0.2, 0.25) is 0 Å². The second-order valence-corrected chi connectivity index (χ2v) is 2.56. The number of rotatable bonds is 3. The third-order valence-corrected chi connectivity index (χ3v) is 1.07. The highest BCUT2D eigenvalue weighted by atomic mass is 15.2. The molecule has 0 atom stereocenters. The van der Waals surface area contributed by atoms with Crippen LogP contribution in [0.3, 0.4) is 0 Å². The zero-order valence-electron chi connectivity index (χ0n) is 7.02. The van der Waals surface area contributed by atoms with E-state index >= 15 is 0 Å². The summed E-state index contributed by atoms with van der Waals surface area (Å²) in [6.07, 6.45) is 2.02. The predicted molar refractivity (Wildman–Crippen MR) is 44.8 cm³/mol. The molecule has 0 saturated heterocycles. The zero-order chi connectivity index (χ0) is 7.98. The van der Waals surface area contributed by atoms with Crippen molar-refractivity contribution in [2.45, 2.75) is 39.7 Å². The predicted octanol–water partition coefficient (Wildman–Crippen LogP) is 1.06. The number of hydrogen-bond donors (Lipinski definition) is 2. The number of nitrogens with two attached hydrogens (primary N) is 1. The van der Waals surface area contributed by atoms with Crippen molar-refractivity contribution in [3.8, 4) is 0 Å². The van der Waals surface area contributed by atoms with Crippen LogP contribution in [0, 0.1) is 0 Å². The van der Waals surface area contributed by atoms with E-state index in [4.69, 9.17) is 5.84 Å². The molecule has 0 aliphatic carbocycles. The van der Waals surface area contributed by atoms with Gasteiger partial charge in [0, 0.05) is 12.5 Å². The van der Waals surface area contributed by atoms with Gasteiger partial charge in [-0.3, -0.25) is 4.99 Å². The molecule has 0 saturated carbocycles. The minimum atomic E-state index is 0.331. The summed E-state index contributed by atoms with van der Waals surface area (Å²) < 4.78 is 0. The molecule has 0 rings (SSSR count). The Morgan fingerprint density at radius 1 is 1.60 bits per heavy atom. The lowest BCUT2D eigenvalue weighted by Crippen LogP contribution is -2.30. The minimum Gasteiger partial charge on any atom is -0.312 e. The lowest BCUT2D eigenvalue weighted by atomic mass is 10.3. The van der Waals surface area contributed by atoms with E-state index in [9.17, 15) is 0 Å². The number of hydrazine groups is 1. The summed E-state index contributed by atoms with van der Waals surface area (Å²) >= 11 is 0. The molecule has 10 heavy (non-hydrogen) atoms. The van der Waals surface area contributed by atoms with Crippen LogP contribution in [-0.4, -0.2) is 11.9 Å². The second-order valence-electron chi connectivity index (χ2n) is 2.56. The molecular formula is C7H17N3. The lowest BCUT2D eigenvalue weighted by molar-refractivity contribution is 0.797. The molecule has 0 heterocycles. The van der Waals surface area contributed by atoms with Crippen LogP contribution in [0.15, 0.2) is 4.99 Å². The normalized spacial score (nSPS) is 12.3. The monoisotopic (exact) mass is 143 g/mol. The maximum absolute atomic E-state index is 5.23. The van der Waals surface area contributed by atoms with Crippen molar-refractivity contribution in [3.63, 3.8) is 0 Å². The van der Waals surface area contributed by atoms with Crippen LogP contribution in [0.5, 0.6) is 0 Å². The van der Waals surface area contributed by atoms with Crippen molar-refractivity contribution in [3.05, 3.63) is 0 Å². The second kappa shape index (κ2) is 5.23. The van der Waals surface area contributed by atoms with E-state index in [1.165, 1.54) is 0 Å². The molecule has 3 N–H and O–H groups in total. The maximum Gasteiger partial charge on any atom is 0.111 e. The van der Waals surface area contributed by atoms with E-state index in [-0.39, 0.29) is 0 Å². The van der Waals surface area contributed by atoms with Crippen LogP contribution < -0.4 is 11.3 Å². The van der Waals surface area contributed by atoms with Crippen LogP contribution >= 0.6 is 0 Å². The summed E-state index contributed by atoms with van der Waals surface area (Å²) in [5.74, 6) is 6.13. The van der Waals surface area contributed by atoms with Crippen molar-refractivity contribution in [2.24, 2.45) is 10.8 Å². The zero-order valence-corrected chi connectivity index (χ0v) is 7.02. The lowest BCUT2D eigenvalue weighted by Gasteiger charge is -2.04. The standard InChI is InChI=1S/C7H17N3/c1-4-5-7(10-8)9-6(2)3/h6H,4-5,8H2,1-3H3,(H,9,10). The molecule has 3 heteroatoms. The first kappa shape index (κ1) is 9.43. The Morgan fingerprint density at radius 3 is 2.50 bits per heavy atom. The van der Waals surface area contributed by atoms with Crippen molar-refractivity contribution in [2.75, 3.05) is 0 Å². The smallest absolute Gasteiger partial charge is 0.111 e. The van der Waals surface area contributed by atoms with E-state index in [1.807, 2.05) is 13.8 Å². The van der Waals surface area contributed by atoms with Gasteiger partial charge in [-0.1, -0.05) is 6.92 Å². The van der Waals surface area contributed by atoms with E-state index in [0.29, 0.717) is 6.04 Å². The van der Waals surface area contributed by atoms with E-state index in [2.05, 4.69) is 17.3 Å². The van der Waals surface area contributed by atoms with Crippen LogP contribution in [0.1, 0.15) is 33.6 Å². The number of nitrogens with zero attached hydrogens (tertiary/aromatic N) is 1. The average molecular weight is 143 g/mol. The molecule has 0 spiro atoms. The van der Waals surface area contributed by atoms with Gasteiger partial charge in [-0.25, -0.2) is 5.84 Å². The molecule has 0 bridgehead atoms. The van der Waals surface area contributed by atoms with E-state index < -0.39 is 0 Å².